The molecular weight excluding hydrogens is 270 g/mol. The largest absolute Gasteiger partial charge is 0.304 e. The van der Waals surface area contributed by atoms with Crippen molar-refractivity contribution in [1.29, 1.82) is 0 Å². The summed E-state index contributed by atoms with van der Waals surface area (Å²) in [6.07, 6.45) is 1.00. The van der Waals surface area contributed by atoms with Crippen molar-refractivity contribution in [2.45, 2.75) is 12.5 Å². The van der Waals surface area contributed by atoms with Crippen LogP contribution in [0.4, 0.5) is 0 Å². The van der Waals surface area contributed by atoms with E-state index < -0.39 is 0 Å². The molecule has 17 heavy (non-hydrogen) atoms. The first-order valence-corrected chi connectivity index (χ1v) is 7.52. The molecule has 0 bridgehead atoms. The summed E-state index contributed by atoms with van der Waals surface area (Å²) in [5.41, 5.74) is 0. The molecule has 1 nitrogen and oxygen atoms in total. The summed E-state index contributed by atoms with van der Waals surface area (Å²) >= 11 is 9.38. The summed E-state index contributed by atoms with van der Waals surface area (Å²) < 4.78 is 0. The molecule has 0 aliphatic rings. The number of rotatable bonds is 6. The van der Waals surface area contributed by atoms with Crippen LogP contribution in [0.5, 0.6) is 0 Å². The Labute approximate surface area is 115 Å². The molecular formula is C13H14ClNS2. The third-order valence-electron chi connectivity index (χ3n) is 2.41. The fraction of sp³-hybridized carbons (Fsp3) is 0.231. The molecule has 0 spiro atoms. The quantitative estimate of drug-likeness (QED) is 0.827. The van der Waals surface area contributed by atoms with Gasteiger partial charge in [0.1, 0.15) is 0 Å². The highest BCUT2D eigenvalue weighted by Crippen LogP contribution is 2.25. The first kappa shape index (κ1) is 12.8. The van der Waals surface area contributed by atoms with Gasteiger partial charge in [-0.2, -0.15) is 0 Å². The van der Waals surface area contributed by atoms with E-state index in [2.05, 4.69) is 46.9 Å². The summed E-state index contributed by atoms with van der Waals surface area (Å²) in [5, 5.41) is 8.31. The summed E-state index contributed by atoms with van der Waals surface area (Å²) in [6, 6.07) is 8.82. The van der Waals surface area contributed by atoms with Gasteiger partial charge in [0, 0.05) is 33.8 Å². The Bertz CT molecular complexity index is 448. The molecule has 2 aromatic rings. The third kappa shape index (κ3) is 3.96. The number of halogens is 1. The van der Waals surface area contributed by atoms with Gasteiger partial charge in [-0.05, 0) is 22.9 Å². The SMILES string of the molecule is C=C(Cl)CNC(Cc1cccs1)c1cccs1. The normalized spacial score (nSPS) is 12.5. The van der Waals surface area contributed by atoms with Crippen molar-refractivity contribution in [3.05, 3.63) is 56.4 Å². The minimum absolute atomic E-state index is 0.323. The molecule has 0 radical (unpaired) electrons. The smallest absolute Gasteiger partial charge is 0.0466 e. The fourth-order valence-electron chi connectivity index (χ4n) is 1.63. The Balaban J connectivity index is 2.04. The maximum Gasteiger partial charge on any atom is 0.0466 e. The molecule has 0 aliphatic carbocycles. The molecule has 0 saturated carbocycles. The zero-order valence-electron chi connectivity index (χ0n) is 9.36. The first-order chi connectivity index (χ1) is 8.25. The van der Waals surface area contributed by atoms with Crippen LogP contribution in [0, 0.1) is 0 Å². The van der Waals surface area contributed by atoms with Gasteiger partial charge in [0.05, 0.1) is 0 Å². The Morgan fingerprint density at radius 1 is 1.29 bits per heavy atom. The first-order valence-electron chi connectivity index (χ1n) is 5.38. The number of hydrogen-bond acceptors (Lipinski definition) is 3. The van der Waals surface area contributed by atoms with Gasteiger partial charge in [0.15, 0.2) is 0 Å². The fourth-order valence-corrected chi connectivity index (χ4v) is 3.26. The zero-order chi connectivity index (χ0) is 12.1. The van der Waals surface area contributed by atoms with Gasteiger partial charge < -0.3 is 5.32 Å². The maximum absolute atomic E-state index is 5.81. The Morgan fingerprint density at radius 3 is 2.65 bits per heavy atom. The van der Waals surface area contributed by atoms with Crippen LogP contribution >= 0.6 is 34.3 Å². The maximum atomic E-state index is 5.81. The third-order valence-corrected chi connectivity index (χ3v) is 4.43. The van der Waals surface area contributed by atoms with E-state index in [1.807, 2.05) is 0 Å². The lowest BCUT2D eigenvalue weighted by molar-refractivity contribution is 0.575. The molecule has 1 N–H and O–H groups in total. The van der Waals surface area contributed by atoms with Gasteiger partial charge in [-0.25, -0.2) is 0 Å². The van der Waals surface area contributed by atoms with Gasteiger partial charge in [-0.3, -0.25) is 0 Å². The Hall–Kier alpha value is -0.610. The molecule has 0 saturated heterocycles. The highest BCUT2D eigenvalue weighted by atomic mass is 35.5. The minimum atomic E-state index is 0.323. The van der Waals surface area contributed by atoms with Crippen molar-refractivity contribution < 1.29 is 0 Å². The van der Waals surface area contributed by atoms with Gasteiger partial charge in [0.2, 0.25) is 0 Å². The number of thiophene rings is 2. The van der Waals surface area contributed by atoms with Crippen LogP contribution in [0.3, 0.4) is 0 Å². The Kier molecular flexibility index (Phi) is 4.80. The van der Waals surface area contributed by atoms with Crippen molar-refractivity contribution >= 4 is 34.3 Å². The monoisotopic (exact) mass is 283 g/mol. The second kappa shape index (κ2) is 6.36. The lowest BCUT2D eigenvalue weighted by Gasteiger charge is -2.16. The highest BCUT2D eigenvalue weighted by molar-refractivity contribution is 7.10. The molecule has 90 valence electrons. The van der Waals surface area contributed by atoms with E-state index in [0.29, 0.717) is 17.6 Å². The van der Waals surface area contributed by atoms with E-state index in [1.165, 1.54) is 9.75 Å². The Morgan fingerprint density at radius 2 is 2.06 bits per heavy atom. The van der Waals surface area contributed by atoms with E-state index >= 15 is 0 Å². The predicted octanol–water partition coefficient (Wildman–Crippen LogP) is 4.44. The summed E-state index contributed by atoms with van der Waals surface area (Å²) in [6.45, 7) is 4.36. The van der Waals surface area contributed by atoms with Crippen LogP contribution in [0.1, 0.15) is 15.8 Å². The summed E-state index contributed by atoms with van der Waals surface area (Å²) in [4.78, 5) is 2.73. The van der Waals surface area contributed by atoms with Crippen LogP contribution < -0.4 is 5.32 Å². The van der Waals surface area contributed by atoms with Gasteiger partial charge in [-0.15, -0.1) is 22.7 Å². The minimum Gasteiger partial charge on any atom is -0.304 e. The van der Waals surface area contributed by atoms with E-state index in [1.54, 1.807) is 22.7 Å². The van der Waals surface area contributed by atoms with E-state index in [0.717, 1.165) is 6.42 Å². The molecule has 0 aliphatic heterocycles. The molecule has 2 heterocycles. The van der Waals surface area contributed by atoms with Crippen molar-refractivity contribution in [1.82, 2.24) is 5.32 Å². The molecule has 1 atom stereocenters. The lowest BCUT2D eigenvalue weighted by atomic mass is 10.1. The van der Waals surface area contributed by atoms with Crippen LogP contribution in [-0.2, 0) is 6.42 Å². The van der Waals surface area contributed by atoms with Gasteiger partial charge in [0.25, 0.3) is 0 Å². The summed E-state index contributed by atoms with van der Waals surface area (Å²) in [5.74, 6) is 0. The van der Waals surface area contributed by atoms with Crippen molar-refractivity contribution in [3.63, 3.8) is 0 Å². The van der Waals surface area contributed by atoms with Crippen LogP contribution in [-0.4, -0.2) is 6.54 Å². The number of nitrogens with one attached hydrogen (secondary N) is 1. The van der Waals surface area contributed by atoms with E-state index in [9.17, 15) is 0 Å². The molecule has 2 rings (SSSR count). The summed E-state index contributed by atoms with van der Waals surface area (Å²) in [7, 11) is 0. The lowest BCUT2D eigenvalue weighted by Crippen LogP contribution is -2.23. The second-order valence-corrected chi connectivity index (χ2v) is 6.30. The zero-order valence-corrected chi connectivity index (χ0v) is 11.7. The average Bonchev–Trinajstić information content (AvgIpc) is 2.96. The van der Waals surface area contributed by atoms with E-state index in [-0.39, 0.29) is 0 Å². The van der Waals surface area contributed by atoms with Crippen LogP contribution in [0.15, 0.2) is 46.6 Å². The number of hydrogen-bond donors (Lipinski definition) is 1. The van der Waals surface area contributed by atoms with Crippen molar-refractivity contribution in [2.75, 3.05) is 6.54 Å². The standard InChI is InChI=1S/C13H14ClNS2/c1-10(14)9-15-12(13-5-3-7-17-13)8-11-4-2-6-16-11/h2-7,12,15H,1,8-9H2. The molecule has 2 aromatic heterocycles. The molecule has 0 fully saturated rings. The van der Waals surface area contributed by atoms with Crippen LogP contribution in [0.2, 0.25) is 0 Å². The van der Waals surface area contributed by atoms with E-state index in [4.69, 9.17) is 11.6 Å². The predicted molar refractivity (Wildman–Crippen MR) is 78.1 cm³/mol. The topological polar surface area (TPSA) is 12.0 Å². The van der Waals surface area contributed by atoms with Crippen LogP contribution in [0.25, 0.3) is 0 Å². The van der Waals surface area contributed by atoms with Crippen molar-refractivity contribution in [3.8, 4) is 0 Å². The highest BCUT2D eigenvalue weighted by Gasteiger charge is 2.13. The molecule has 0 aromatic carbocycles. The second-order valence-electron chi connectivity index (χ2n) is 3.75. The average molecular weight is 284 g/mol. The van der Waals surface area contributed by atoms with Gasteiger partial charge in [-0.1, -0.05) is 30.3 Å². The molecule has 1 unspecified atom stereocenters. The molecule has 0 amide bonds. The van der Waals surface area contributed by atoms with Gasteiger partial charge >= 0.3 is 0 Å². The molecule has 4 heteroatoms. The van der Waals surface area contributed by atoms with Crippen molar-refractivity contribution in [2.24, 2.45) is 0 Å².